The van der Waals surface area contributed by atoms with E-state index in [1.165, 1.54) is 9.13 Å². The van der Waals surface area contributed by atoms with Crippen molar-refractivity contribution in [3.63, 3.8) is 0 Å². The van der Waals surface area contributed by atoms with Crippen LogP contribution in [0.4, 0.5) is 11.6 Å². The second kappa shape index (κ2) is 6.14. The molecule has 8 heteroatoms. The molecular formula is C18H21N5O3. The van der Waals surface area contributed by atoms with Crippen molar-refractivity contribution >= 4 is 22.8 Å². The van der Waals surface area contributed by atoms with Crippen molar-refractivity contribution in [2.45, 2.75) is 20.0 Å². The summed E-state index contributed by atoms with van der Waals surface area (Å²) < 4.78 is 9.60. The predicted octanol–water partition coefficient (Wildman–Crippen LogP) is 1.00. The van der Waals surface area contributed by atoms with Gasteiger partial charge in [0.15, 0.2) is 11.2 Å². The van der Waals surface area contributed by atoms with Crippen LogP contribution >= 0.6 is 0 Å². The number of aryl methyl sites for hydroxylation is 2. The minimum atomic E-state index is -0.376. The molecule has 0 spiro atoms. The van der Waals surface area contributed by atoms with E-state index < -0.39 is 0 Å². The van der Waals surface area contributed by atoms with E-state index in [0.717, 1.165) is 17.8 Å². The summed E-state index contributed by atoms with van der Waals surface area (Å²) in [5.74, 6) is 0.700. The van der Waals surface area contributed by atoms with E-state index in [1.807, 2.05) is 35.8 Å². The molecule has 0 fully saturated rings. The number of fused-ring (bicyclic) bond motifs is 3. The van der Waals surface area contributed by atoms with E-state index in [4.69, 9.17) is 4.74 Å². The highest BCUT2D eigenvalue weighted by atomic mass is 16.5. The van der Waals surface area contributed by atoms with Gasteiger partial charge >= 0.3 is 5.69 Å². The molecule has 0 amide bonds. The zero-order valence-corrected chi connectivity index (χ0v) is 15.1. The Kier molecular flexibility index (Phi) is 3.91. The lowest BCUT2D eigenvalue weighted by Crippen LogP contribution is -2.40. The van der Waals surface area contributed by atoms with Gasteiger partial charge in [-0.25, -0.2) is 4.79 Å². The molecule has 0 saturated carbocycles. The van der Waals surface area contributed by atoms with Gasteiger partial charge in [0.05, 0.1) is 13.2 Å². The van der Waals surface area contributed by atoms with Crippen LogP contribution < -0.4 is 16.1 Å². The Balaban J connectivity index is 1.94. The molecule has 0 saturated heterocycles. The zero-order valence-electron chi connectivity index (χ0n) is 15.1. The lowest BCUT2D eigenvalue weighted by atomic mass is 10.2. The van der Waals surface area contributed by atoms with Gasteiger partial charge in [0.25, 0.3) is 5.56 Å². The Bertz CT molecular complexity index is 1110. The van der Waals surface area contributed by atoms with Crippen molar-refractivity contribution < 1.29 is 4.74 Å². The second-order valence-corrected chi connectivity index (χ2v) is 6.46. The third-order valence-electron chi connectivity index (χ3n) is 4.93. The highest BCUT2D eigenvalue weighted by Gasteiger charge is 2.29. The third kappa shape index (κ3) is 2.29. The number of hydrogen-bond donors (Lipinski definition) is 0. The zero-order chi connectivity index (χ0) is 18.4. The fraction of sp³-hybridized carbons (Fsp3) is 0.389. The van der Waals surface area contributed by atoms with Crippen LogP contribution in [-0.2, 0) is 24.9 Å². The van der Waals surface area contributed by atoms with Gasteiger partial charge in [-0.1, -0.05) is 18.2 Å². The van der Waals surface area contributed by atoms with E-state index in [2.05, 4.69) is 9.88 Å². The monoisotopic (exact) mass is 355 g/mol. The lowest BCUT2D eigenvalue weighted by molar-refractivity contribution is 0.184. The molecule has 8 nitrogen and oxygen atoms in total. The Morgan fingerprint density at radius 3 is 2.69 bits per heavy atom. The van der Waals surface area contributed by atoms with Gasteiger partial charge in [0.2, 0.25) is 5.95 Å². The van der Waals surface area contributed by atoms with Gasteiger partial charge in [-0.15, -0.1) is 0 Å². The van der Waals surface area contributed by atoms with Crippen molar-refractivity contribution in [1.82, 2.24) is 18.7 Å². The maximum atomic E-state index is 13.0. The molecule has 1 aromatic carbocycles. The van der Waals surface area contributed by atoms with Gasteiger partial charge < -0.3 is 14.2 Å². The summed E-state index contributed by atoms with van der Waals surface area (Å²) >= 11 is 0. The average Bonchev–Trinajstić information content (AvgIpc) is 3.20. The number of imidazole rings is 1. The highest BCUT2D eigenvalue weighted by molar-refractivity contribution is 5.78. The first-order valence-corrected chi connectivity index (χ1v) is 8.56. The smallest absolute Gasteiger partial charge is 0.332 e. The summed E-state index contributed by atoms with van der Waals surface area (Å²) in [6, 6.07) is 8.07. The standard InChI is InChI=1S/C18H21N5O3/c1-12-6-4-5-7-13(12)21-8-9-22-14-15(19-17(21)22)20(2)18(25)23(16(14)24)10-11-26-3/h4-7H,8-11H2,1-3H3. The van der Waals surface area contributed by atoms with Crippen molar-refractivity contribution in [1.29, 1.82) is 0 Å². The fourth-order valence-corrected chi connectivity index (χ4v) is 3.55. The number of anilines is 2. The van der Waals surface area contributed by atoms with E-state index in [9.17, 15) is 9.59 Å². The second-order valence-electron chi connectivity index (χ2n) is 6.46. The lowest BCUT2D eigenvalue weighted by Gasteiger charge is -2.18. The third-order valence-corrected chi connectivity index (χ3v) is 4.93. The molecule has 3 heterocycles. The van der Waals surface area contributed by atoms with Crippen LogP contribution in [0.5, 0.6) is 0 Å². The number of nitrogens with zero attached hydrogens (tertiary/aromatic N) is 5. The molecule has 0 N–H and O–H groups in total. The maximum Gasteiger partial charge on any atom is 0.332 e. The van der Waals surface area contributed by atoms with Gasteiger partial charge in [0, 0.05) is 32.9 Å². The Morgan fingerprint density at radius 1 is 1.19 bits per heavy atom. The molecule has 136 valence electrons. The predicted molar refractivity (Wildman–Crippen MR) is 99.3 cm³/mol. The van der Waals surface area contributed by atoms with Crippen LogP contribution in [-0.4, -0.2) is 38.9 Å². The normalized spacial score (nSPS) is 13.6. The van der Waals surface area contributed by atoms with Crippen LogP contribution in [0.25, 0.3) is 11.2 Å². The molecule has 0 unspecified atom stereocenters. The quantitative estimate of drug-likeness (QED) is 0.698. The number of para-hydroxylation sites is 1. The van der Waals surface area contributed by atoms with E-state index in [0.29, 0.717) is 30.3 Å². The average molecular weight is 355 g/mol. The summed E-state index contributed by atoms with van der Waals surface area (Å²) in [4.78, 5) is 32.2. The number of methoxy groups -OCH3 is 1. The summed E-state index contributed by atoms with van der Waals surface area (Å²) in [7, 11) is 3.19. The molecule has 0 atom stereocenters. The molecule has 4 rings (SSSR count). The number of rotatable bonds is 4. The minimum Gasteiger partial charge on any atom is -0.383 e. The Labute approximate surface area is 149 Å². The van der Waals surface area contributed by atoms with Gasteiger partial charge in [-0.2, -0.15) is 4.98 Å². The van der Waals surface area contributed by atoms with Crippen LogP contribution in [0.15, 0.2) is 33.9 Å². The first-order chi connectivity index (χ1) is 12.5. The first kappa shape index (κ1) is 16.6. The Hall–Kier alpha value is -2.87. The molecular weight excluding hydrogens is 334 g/mol. The van der Waals surface area contributed by atoms with E-state index in [-0.39, 0.29) is 17.8 Å². The van der Waals surface area contributed by atoms with Gasteiger partial charge in [-0.05, 0) is 18.6 Å². The highest BCUT2D eigenvalue weighted by Crippen LogP contribution is 2.33. The molecule has 0 bridgehead atoms. The summed E-state index contributed by atoms with van der Waals surface area (Å²) in [5.41, 5.74) is 2.39. The van der Waals surface area contributed by atoms with E-state index in [1.54, 1.807) is 14.2 Å². The van der Waals surface area contributed by atoms with Crippen LogP contribution in [0.3, 0.4) is 0 Å². The number of aromatic nitrogens is 4. The fourth-order valence-electron chi connectivity index (χ4n) is 3.55. The SMILES string of the molecule is COCCn1c(=O)c2c(nc3n2CCN3c2ccccc2C)n(C)c1=O. The minimum absolute atomic E-state index is 0.222. The van der Waals surface area contributed by atoms with Gasteiger partial charge in [0.1, 0.15) is 0 Å². The van der Waals surface area contributed by atoms with Crippen molar-refractivity contribution in [3.8, 4) is 0 Å². The number of hydrogen-bond acceptors (Lipinski definition) is 5. The molecule has 3 aromatic rings. The number of benzene rings is 1. The first-order valence-electron chi connectivity index (χ1n) is 8.56. The van der Waals surface area contributed by atoms with Crippen molar-refractivity contribution in [3.05, 3.63) is 50.7 Å². The van der Waals surface area contributed by atoms with Gasteiger partial charge in [-0.3, -0.25) is 13.9 Å². The molecule has 2 aromatic heterocycles. The van der Waals surface area contributed by atoms with Crippen LogP contribution in [0.1, 0.15) is 5.56 Å². The summed E-state index contributed by atoms with van der Waals surface area (Å²) in [5, 5.41) is 0. The summed E-state index contributed by atoms with van der Waals surface area (Å²) in [6.07, 6.45) is 0. The summed E-state index contributed by atoms with van der Waals surface area (Å²) in [6.45, 7) is 3.96. The number of ether oxygens (including phenoxy) is 1. The molecule has 1 aliphatic heterocycles. The Morgan fingerprint density at radius 2 is 1.96 bits per heavy atom. The van der Waals surface area contributed by atoms with Crippen LogP contribution in [0, 0.1) is 6.92 Å². The van der Waals surface area contributed by atoms with Crippen molar-refractivity contribution in [2.24, 2.45) is 7.05 Å². The molecule has 1 aliphatic rings. The maximum absolute atomic E-state index is 13.0. The molecule has 0 aliphatic carbocycles. The largest absolute Gasteiger partial charge is 0.383 e. The molecule has 0 radical (unpaired) electrons. The van der Waals surface area contributed by atoms with Crippen LogP contribution in [0.2, 0.25) is 0 Å². The van der Waals surface area contributed by atoms with E-state index >= 15 is 0 Å². The van der Waals surface area contributed by atoms with Crippen molar-refractivity contribution in [2.75, 3.05) is 25.2 Å². The molecule has 26 heavy (non-hydrogen) atoms. The topological polar surface area (TPSA) is 74.3 Å².